The topological polar surface area (TPSA) is 25.2 Å². The van der Waals surface area contributed by atoms with Crippen LogP contribution in [0.5, 0.6) is 0 Å². The SMILES string of the molecule is CCCNC(c1cc2cccc(F)c2o1)C1CCCC1C. The van der Waals surface area contributed by atoms with Crippen LogP contribution in [0.1, 0.15) is 51.3 Å². The van der Waals surface area contributed by atoms with Crippen molar-refractivity contribution >= 4 is 11.0 Å². The van der Waals surface area contributed by atoms with Gasteiger partial charge in [-0.2, -0.15) is 0 Å². The zero-order valence-corrected chi connectivity index (χ0v) is 12.9. The first-order valence-electron chi connectivity index (χ1n) is 8.12. The number of hydrogen-bond acceptors (Lipinski definition) is 2. The third-order valence-corrected chi connectivity index (χ3v) is 4.79. The molecule has 0 spiro atoms. The molecule has 1 aliphatic rings. The van der Waals surface area contributed by atoms with Crippen LogP contribution in [-0.2, 0) is 0 Å². The largest absolute Gasteiger partial charge is 0.456 e. The highest BCUT2D eigenvalue weighted by Gasteiger charge is 2.33. The normalized spacial score (nSPS) is 23.8. The second kappa shape index (κ2) is 6.18. The number of nitrogens with one attached hydrogen (secondary N) is 1. The Hall–Kier alpha value is -1.35. The van der Waals surface area contributed by atoms with Gasteiger partial charge in [-0.1, -0.05) is 38.8 Å². The molecule has 1 aromatic heterocycles. The molecule has 0 bridgehead atoms. The number of para-hydroxylation sites is 1. The van der Waals surface area contributed by atoms with Crippen molar-refractivity contribution in [2.75, 3.05) is 6.54 Å². The molecule has 1 aromatic carbocycles. The third kappa shape index (κ3) is 2.84. The van der Waals surface area contributed by atoms with Gasteiger partial charge in [-0.3, -0.25) is 0 Å². The maximum atomic E-state index is 13.9. The van der Waals surface area contributed by atoms with E-state index >= 15 is 0 Å². The molecule has 1 aliphatic carbocycles. The third-order valence-electron chi connectivity index (χ3n) is 4.79. The lowest BCUT2D eigenvalue weighted by Gasteiger charge is -2.26. The van der Waals surface area contributed by atoms with Crippen LogP contribution in [0, 0.1) is 17.7 Å². The van der Waals surface area contributed by atoms with Crippen molar-refractivity contribution in [3.05, 3.63) is 35.8 Å². The van der Waals surface area contributed by atoms with Gasteiger partial charge < -0.3 is 9.73 Å². The first kappa shape index (κ1) is 14.6. The van der Waals surface area contributed by atoms with Gasteiger partial charge in [0.05, 0.1) is 6.04 Å². The Morgan fingerprint density at radius 2 is 2.24 bits per heavy atom. The fourth-order valence-electron chi connectivity index (χ4n) is 3.63. The summed E-state index contributed by atoms with van der Waals surface area (Å²) in [6.45, 7) is 5.45. The lowest BCUT2D eigenvalue weighted by Crippen LogP contribution is -2.30. The minimum Gasteiger partial charge on any atom is -0.456 e. The summed E-state index contributed by atoms with van der Waals surface area (Å²) in [5, 5.41) is 4.48. The maximum absolute atomic E-state index is 13.9. The van der Waals surface area contributed by atoms with Crippen LogP contribution in [0.2, 0.25) is 0 Å². The van der Waals surface area contributed by atoms with Gasteiger partial charge in [0.25, 0.3) is 0 Å². The van der Waals surface area contributed by atoms with Crippen molar-refractivity contribution in [3.8, 4) is 0 Å². The van der Waals surface area contributed by atoms with E-state index in [-0.39, 0.29) is 11.9 Å². The second-order valence-electron chi connectivity index (χ2n) is 6.31. The van der Waals surface area contributed by atoms with Crippen LogP contribution in [0.25, 0.3) is 11.0 Å². The minimum absolute atomic E-state index is 0.203. The predicted octanol–water partition coefficient (Wildman–Crippen LogP) is 5.05. The highest BCUT2D eigenvalue weighted by Crippen LogP contribution is 2.41. The number of hydrogen-bond donors (Lipinski definition) is 1. The van der Waals surface area contributed by atoms with E-state index in [2.05, 4.69) is 19.2 Å². The van der Waals surface area contributed by atoms with Crippen molar-refractivity contribution in [1.82, 2.24) is 5.32 Å². The Morgan fingerprint density at radius 1 is 1.38 bits per heavy atom. The number of halogens is 1. The molecular formula is C18H24FNO. The molecule has 1 N–H and O–H groups in total. The maximum Gasteiger partial charge on any atom is 0.169 e. The van der Waals surface area contributed by atoms with E-state index in [1.54, 1.807) is 6.07 Å². The molecule has 0 aliphatic heterocycles. The van der Waals surface area contributed by atoms with Crippen molar-refractivity contribution < 1.29 is 8.81 Å². The van der Waals surface area contributed by atoms with Gasteiger partial charge in [0.1, 0.15) is 5.76 Å². The second-order valence-corrected chi connectivity index (χ2v) is 6.31. The van der Waals surface area contributed by atoms with Crippen LogP contribution >= 0.6 is 0 Å². The smallest absolute Gasteiger partial charge is 0.169 e. The average molecular weight is 289 g/mol. The molecular weight excluding hydrogens is 265 g/mol. The standard InChI is InChI=1S/C18H24FNO/c1-3-10-20-17(14-8-4-6-12(14)2)16-11-13-7-5-9-15(19)18(13)21-16/h5,7,9,11-12,14,17,20H,3-4,6,8,10H2,1-2H3. The molecule has 0 amide bonds. The Kier molecular flexibility index (Phi) is 4.29. The van der Waals surface area contributed by atoms with Crippen molar-refractivity contribution in [2.45, 2.75) is 45.6 Å². The van der Waals surface area contributed by atoms with Gasteiger partial charge in [0.2, 0.25) is 0 Å². The zero-order chi connectivity index (χ0) is 14.8. The summed E-state index contributed by atoms with van der Waals surface area (Å²) in [5.74, 6) is 1.90. The monoisotopic (exact) mass is 289 g/mol. The summed E-state index contributed by atoms with van der Waals surface area (Å²) in [4.78, 5) is 0. The van der Waals surface area contributed by atoms with E-state index in [9.17, 15) is 4.39 Å². The average Bonchev–Trinajstić information content (AvgIpc) is 3.07. The summed E-state index contributed by atoms with van der Waals surface area (Å²) in [7, 11) is 0. The van der Waals surface area contributed by atoms with E-state index in [1.807, 2.05) is 12.1 Å². The highest BCUT2D eigenvalue weighted by atomic mass is 19.1. The molecule has 0 saturated heterocycles. The number of fused-ring (bicyclic) bond motifs is 1. The Balaban J connectivity index is 1.95. The molecule has 114 valence electrons. The lowest BCUT2D eigenvalue weighted by atomic mass is 9.88. The molecule has 0 radical (unpaired) electrons. The Labute approximate surface area is 125 Å². The number of benzene rings is 1. The van der Waals surface area contributed by atoms with Crippen LogP contribution < -0.4 is 5.32 Å². The molecule has 2 aromatic rings. The Bertz CT molecular complexity index is 606. The summed E-state index contributed by atoms with van der Waals surface area (Å²) < 4.78 is 19.7. The minimum atomic E-state index is -0.271. The molecule has 1 fully saturated rings. The van der Waals surface area contributed by atoms with Gasteiger partial charge >= 0.3 is 0 Å². The van der Waals surface area contributed by atoms with E-state index in [1.165, 1.54) is 25.3 Å². The molecule has 21 heavy (non-hydrogen) atoms. The number of furan rings is 1. The van der Waals surface area contributed by atoms with Gasteiger partial charge in [0, 0.05) is 5.39 Å². The fraction of sp³-hybridized carbons (Fsp3) is 0.556. The van der Waals surface area contributed by atoms with Crippen molar-refractivity contribution in [3.63, 3.8) is 0 Å². The van der Waals surface area contributed by atoms with E-state index in [0.29, 0.717) is 17.4 Å². The van der Waals surface area contributed by atoms with Gasteiger partial charge in [-0.15, -0.1) is 0 Å². The molecule has 2 nitrogen and oxygen atoms in total. The summed E-state index contributed by atoms with van der Waals surface area (Å²) in [6.07, 6.45) is 4.88. The predicted molar refractivity (Wildman–Crippen MR) is 83.7 cm³/mol. The van der Waals surface area contributed by atoms with E-state index in [0.717, 1.165) is 24.1 Å². The van der Waals surface area contributed by atoms with Crippen molar-refractivity contribution in [1.29, 1.82) is 0 Å². The first-order valence-corrected chi connectivity index (χ1v) is 8.12. The summed E-state index contributed by atoms with van der Waals surface area (Å²) >= 11 is 0. The summed E-state index contributed by atoms with van der Waals surface area (Å²) in [5.41, 5.74) is 0.390. The van der Waals surface area contributed by atoms with E-state index < -0.39 is 0 Å². The highest BCUT2D eigenvalue weighted by molar-refractivity contribution is 5.78. The van der Waals surface area contributed by atoms with Crippen LogP contribution in [-0.4, -0.2) is 6.54 Å². The van der Waals surface area contributed by atoms with Crippen LogP contribution in [0.4, 0.5) is 4.39 Å². The molecule has 3 unspecified atom stereocenters. The molecule has 3 atom stereocenters. The van der Waals surface area contributed by atoms with Gasteiger partial charge in [0.15, 0.2) is 11.4 Å². The number of rotatable bonds is 5. The quantitative estimate of drug-likeness (QED) is 0.833. The molecule has 1 heterocycles. The molecule has 3 rings (SSSR count). The van der Waals surface area contributed by atoms with Crippen molar-refractivity contribution in [2.24, 2.45) is 11.8 Å². The molecule has 1 saturated carbocycles. The van der Waals surface area contributed by atoms with Gasteiger partial charge in [-0.25, -0.2) is 4.39 Å². The first-order chi connectivity index (χ1) is 10.2. The molecule has 3 heteroatoms. The zero-order valence-electron chi connectivity index (χ0n) is 12.9. The van der Waals surface area contributed by atoms with Crippen LogP contribution in [0.15, 0.2) is 28.7 Å². The fourth-order valence-corrected chi connectivity index (χ4v) is 3.63. The lowest BCUT2D eigenvalue weighted by molar-refractivity contribution is 0.269. The van der Waals surface area contributed by atoms with Crippen LogP contribution in [0.3, 0.4) is 0 Å². The summed E-state index contributed by atoms with van der Waals surface area (Å²) in [6, 6.07) is 7.33. The van der Waals surface area contributed by atoms with Gasteiger partial charge in [-0.05, 0) is 43.4 Å². The van der Waals surface area contributed by atoms with E-state index in [4.69, 9.17) is 4.42 Å². The Morgan fingerprint density at radius 3 is 2.90 bits per heavy atom.